The lowest BCUT2D eigenvalue weighted by Gasteiger charge is -2.44. The van der Waals surface area contributed by atoms with Crippen LogP contribution < -0.4 is 19.2 Å². The molecule has 2 aromatic heterocycles. The molecule has 2 aromatic carbocycles. The monoisotopic (exact) mass is 1130 g/mol. The molecule has 0 radical (unpaired) electrons. The highest BCUT2D eigenvalue weighted by Crippen LogP contribution is 2.45. The van der Waals surface area contributed by atoms with Crippen molar-refractivity contribution in [2.45, 2.75) is 81.8 Å². The van der Waals surface area contributed by atoms with Crippen LogP contribution in [0, 0.1) is 5.92 Å². The molecule has 2 aliphatic heterocycles. The van der Waals surface area contributed by atoms with Crippen molar-refractivity contribution in [3.05, 3.63) is 45.4 Å². The highest BCUT2D eigenvalue weighted by atomic mass is 32.2. The van der Waals surface area contributed by atoms with E-state index in [1.807, 2.05) is 6.92 Å². The summed E-state index contributed by atoms with van der Waals surface area (Å²) in [5.74, 6) is -3.44. The lowest BCUT2D eigenvalue weighted by Crippen LogP contribution is -2.46. The Morgan fingerprint density at radius 1 is 0.726 bits per heavy atom. The van der Waals surface area contributed by atoms with Crippen LogP contribution in [0.2, 0.25) is 0 Å². The molecule has 0 saturated heterocycles. The van der Waals surface area contributed by atoms with E-state index in [0.717, 1.165) is 6.07 Å². The number of ether oxygens (including phenoxy) is 3. The number of methoxy groups -OCH3 is 1. The quantitative estimate of drug-likeness (QED) is 0.0407. The summed E-state index contributed by atoms with van der Waals surface area (Å²) < 4.78 is 212. The maximum atomic E-state index is 13.7. The third-order valence-electron chi connectivity index (χ3n) is 10.9. The van der Waals surface area contributed by atoms with E-state index in [4.69, 9.17) is 9.47 Å². The Kier molecular flexibility index (Phi) is 16.5. The first-order valence-corrected chi connectivity index (χ1v) is 25.4. The molecule has 2 N–H and O–H groups in total. The fraction of sp³-hybridized carbons (Fsp3) is 0.514. The van der Waals surface area contributed by atoms with Gasteiger partial charge in [0.05, 0.1) is 18.0 Å². The van der Waals surface area contributed by atoms with E-state index in [1.54, 1.807) is 23.6 Å². The predicted molar refractivity (Wildman–Crippen MR) is 236 cm³/mol. The zero-order valence-electron chi connectivity index (χ0n) is 37.6. The van der Waals surface area contributed by atoms with Gasteiger partial charge in [-0.05, 0) is 87.8 Å². The molecule has 73 heavy (non-hydrogen) atoms. The number of aromatic nitrogens is 4. The van der Waals surface area contributed by atoms with Crippen LogP contribution in [-0.4, -0.2) is 118 Å². The number of alkyl halides is 11. The number of fused-ring (bicyclic) bond motifs is 2. The second-order valence-corrected chi connectivity index (χ2v) is 20.9. The first-order chi connectivity index (χ1) is 33.9. The van der Waals surface area contributed by atoms with Gasteiger partial charge in [-0.15, -0.1) is 40.9 Å². The molecule has 0 amide bonds. The third kappa shape index (κ3) is 12.9. The van der Waals surface area contributed by atoms with Gasteiger partial charge in [-0.2, -0.15) is 65.1 Å². The molecule has 3 unspecified atom stereocenters. The van der Waals surface area contributed by atoms with Crippen molar-refractivity contribution in [3.8, 4) is 0 Å². The molecular weight excluding hydrogens is 1090 g/mol. The summed E-state index contributed by atoms with van der Waals surface area (Å²) in [4.78, 5) is 27.9. The van der Waals surface area contributed by atoms with Gasteiger partial charge in [-0.25, -0.2) is 9.59 Å². The molecule has 4 heterocycles. The molecule has 4 aromatic rings. The minimum absolute atomic E-state index is 0.00389. The number of anilines is 4. The SMILES string of the molecule is CCN1c2cc(NS(=O)(=O)C(F)(F)F)c(N=Nc3nnc(C(=O)OCCOC)s3)cc2CC(CCN2c3cc(NS(=O)(=O)C(F)(F)F)c(N=Nc4nnc(C(=O)OC(F)(F)C(F)(F)F)s4)cc3CCC2C)C1C. The van der Waals surface area contributed by atoms with Gasteiger partial charge in [-0.3, -0.25) is 9.44 Å². The first kappa shape index (κ1) is 56.3. The summed E-state index contributed by atoms with van der Waals surface area (Å²) in [5.41, 5.74) is -12.4. The summed E-state index contributed by atoms with van der Waals surface area (Å²) >= 11 is 0.617. The minimum Gasteiger partial charge on any atom is -0.458 e. The average molecular weight is 1130 g/mol. The lowest BCUT2D eigenvalue weighted by molar-refractivity contribution is -0.370. The van der Waals surface area contributed by atoms with Crippen molar-refractivity contribution in [1.82, 2.24) is 20.4 Å². The van der Waals surface area contributed by atoms with Crippen molar-refractivity contribution < 1.29 is 88.9 Å². The Bertz CT molecular complexity index is 2990. The van der Waals surface area contributed by atoms with Crippen molar-refractivity contribution in [3.63, 3.8) is 0 Å². The highest BCUT2D eigenvalue weighted by Gasteiger charge is 2.62. The van der Waals surface area contributed by atoms with E-state index in [0.29, 0.717) is 41.0 Å². The number of nitrogens with zero attached hydrogens (tertiary/aromatic N) is 10. The summed E-state index contributed by atoms with van der Waals surface area (Å²) in [6.45, 7) is 5.73. The number of halogens is 11. The third-order valence-corrected chi connectivity index (χ3v) is 14.7. The molecular formula is C37H37F11N12O9S4. The number of aryl methyl sites for hydroxylation is 1. The van der Waals surface area contributed by atoms with Crippen LogP contribution in [0.1, 0.15) is 64.3 Å². The fourth-order valence-electron chi connectivity index (χ4n) is 7.37. The van der Waals surface area contributed by atoms with E-state index in [-0.39, 0.29) is 90.0 Å². The minimum atomic E-state index is -6.28. The molecule has 36 heteroatoms. The smallest absolute Gasteiger partial charge is 0.458 e. The Hall–Kier alpha value is -6.01. The van der Waals surface area contributed by atoms with Gasteiger partial charge in [0.2, 0.25) is 10.0 Å². The van der Waals surface area contributed by atoms with Crippen LogP contribution in [0.3, 0.4) is 0 Å². The maximum Gasteiger partial charge on any atom is 0.516 e. The van der Waals surface area contributed by atoms with E-state index in [1.165, 1.54) is 34.8 Å². The molecule has 2 aliphatic rings. The summed E-state index contributed by atoms with van der Waals surface area (Å²) in [6.07, 6.45) is -11.0. The van der Waals surface area contributed by atoms with Crippen LogP contribution in [0.15, 0.2) is 44.7 Å². The van der Waals surface area contributed by atoms with Gasteiger partial charge < -0.3 is 24.0 Å². The van der Waals surface area contributed by atoms with Gasteiger partial charge in [0.25, 0.3) is 10.3 Å². The molecule has 0 bridgehead atoms. The molecule has 0 saturated carbocycles. The number of nitrogens with one attached hydrogen (secondary N) is 2. The van der Waals surface area contributed by atoms with Gasteiger partial charge >= 0.3 is 55.3 Å². The molecule has 400 valence electrons. The number of hydrogen-bond acceptors (Lipinski definition) is 21. The molecule has 0 aliphatic carbocycles. The number of hydrogen-bond donors (Lipinski definition) is 2. The van der Waals surface area contributed by atoms with Crippen LogP contribution in [0.25, 0.3) is 0 Å². The number of azo groups is 2. The van der Waals surface area contributed by atoms with Gasteiger partial charge in [0.15, 0.2) is 0 Å². The Morgan fingerprint density at radius 3 is 1.73 bits per heavy atom. The van der Waals surface area contributed by atoms with Crippen molar-refractivity contribution >= 4 is 99.0 Å². The zero-order chi connectivity index (χ0) is 54.1. The molecule has 6 rings (SSSR count). The number of rotatable bonds is 18. The first-order valence-electron chi connectivity index (χ1n) is 20.8. The summed E-state index contributed by atoms with van der Waals surface area (Å²) in [6, 6.07) is 4.04. The van der Waals surface area contributed by atoms with Crippen LogP contribution in [0.5, 0.6) is 0 Å². The fourth-order valence-corrected chi connectivity index (χ4v) is 9.61. The molecule has 0 fully saturated rings. The maximum absolute atomic E-state index is 13.7. The Labute approximate surface area is 413 Å². The van der Waals surface area contributed by atoms with E-state index >= 15 is 0 Å². The van der Waals surface area contributed by atoms with Crippen LogP contribution in [0.4, 0.5) is 92.7 Å². The highest BCUT2D eigenvalue weighted by molar-refractivity contribution is 7.93. The van der Waals surface area contributed by atoms with Crippen molar-refractivity contribution in [2.75, 3.05) is 52.7 Å². The number of esters is 2. The summed E-state index contributed by atoms with van der Waals surface area (Å²) in [7, 11) is -10.8. The topological polar surface area (TPSA) is 262 Å². The standard InChI is InChI=1S/C37H37F11N12O9S4/c1-5-59-18(3)19(12-21-14-23(25(16-27(21)59)58-73(65,66)37(46,47)48)50-53-32-55-51-28(70-32)30(61)68-11-10-67-4)8-9-60-17(2)6-7-20-13-22(24(15-26(20)60)57-72(63,64)36(43,44)45)49-54-33-56-52-29(71-33)31(62)69-35(41,42)34(38,39)40/h13-19,57-58H,5-12H2,1-4H3. The number of carbonyl (C=O) groups is 2. The number of carbonyl (C=O) groups excluding carboxylic acids is 2. The average Bonchev–Trinajstić information content (AvgIpc) is 3.97. The van der Waals surface area contributed by atoms with Crippen molar-refractivity contribution in [1.29, 1.82) is 0 Å². The van der Waals surface area contributed by atoms with Crippen LogP contribution in [-0.2, 0) is 47.1 Å². The van der Waals surface area contributed by atoms with Crippen molar-refractivity contribution in [2.24, 2.45) is 26.4 Å². The number of benzene rings is 2. The largest absolute Gasteiger partial charge is 0.516 e. The Morgan fingerprint density at radius 2 is 1.23 bits per heavy atom. The second-order valence-electron chi connectivity index (χ2n) is 15.7. The molecule has 21 nitrogen and oxygen atoms in total. The predicted octanol–water partition coefficient (Wildman–Crippen LogP) is 9.48. The van der Waals surface area contributed by atoms with E-state index in [2.05, 4.69) is 45.6 Å². The van der Waals surface area contributed by atoms with Gasteiger partial charge in [-0.1, -0.05) is 22.7 Å². The van der Waals surface area contributed by atoms with Gasteiger partial charge in [0.1, 0.15) is 18.0 Å². The van der Waals surface area contributed by atoms with E-state index in [9.17, 15) is 74.7 Å². The lowest BCUT2D eigenvalue weighted by atomic mass is 9.83. The second kappa shape index (κ2) is 21.5. The molecule has 3 atom stereocenters. The van der Waals surface area contributed by atoms with E-state index < -0.39 is 82.5 Å². The van der Waals surface area contributed by atoms with Gasteiger partial charge in [0, 0.05) is 43.7 Å². The normalized spacial score (nSPS) is 18.0. The molecule has 0 spiro atoms. The number of sulfonamides is 2. The Balaban J connectivity index is 1.30. The van der Waals surface area contributed by atoms with Crippen LogP contribution >= 0.6 is 22.7 Å². The zero-order valence-corrected chi connectivity index (χ0v) is 40.9. The summed E-state index contributed by atoms with van der Waals surface area (Å²) in [5, 5.41) is 26.7.